The third-order valence-corrected chi connectivity index (χ3v) is 6.57. The van der Waals surface area contributed by atoms with Crippen LogP contribution in [0, 0.1) is 30.5 Å². The normalized spacial score (nSPS) is 33.1. The molecule has 4 fully saturated rings. The first-order valence-corrected chi connectivity index (χ1v) is 9.55. The molecule has 132 valence electrons. The third-order valence-electron chi connectivity index (χ3n) is 6.57. The summed E-state index contributed by atoms with van der Waals surface area (Å²) in [6.45, 7) is 2.63. The van der Waals surface area contributed by atoms with Crippen molar-refractivity contribution in [2.24, 2.45) is 17.8 Å². The number of halogens is 1. The van der Waals surface area contributed by atoms with Crippen LogP contribution in [0.5, 0.6) is 0 Å². The summed E-state index contributed by atoms with van der Waals surface area (Å²) in [4.78, 5) is 0. The number of aryl methyl sites for hydroxylation is 1. The Morgan fingerprint density at radius 3 is 2.40 bits per heavy atom. The minimum Gasteiger partial charge on any atom is -0.356 e. The average molecular weight is 340 g/mol. The standard InChI is InChI=1S/C21H25FN2O/c1-13-2-17(7-18(22)3-13)20-8-19(24-25-20)12-23-21-9-14-4-15(10-21)6-16(5-14)11-21/h2-3,7-8,14-16,23H,4-6,9-12H2,1H3. The van der Waals surface area contributed by atoms with Crippen molar-refractivity contribution in [2.75, 3.05) is 0 Å². The van der Waals surface area contributed by atoms with E-state index >= 15 is 0 Å². The summed E-state index contributed by atoms with van der Waals surface area (Å²) in [5, 5.41) is 8.04. The highest BCUT2D eigenvalue weighted by Gasteiger charge is 2.50. The van der Waals surface area contributed by atoms with Gasteiger partial charge in [0.15, 0.2) is 5.76 Å². The van der Waals surface area contributed by atoms with Gasteiger partial charge in [0, 0.05) is 23.7 Å². The van der Waals surface area contributed by atoms with Crippen LogP contribution >= 0.6 is 0 Å². The molecular weight excluding hydrogens is 315 g/mol. The Balaban J connectivity index is 1.30. The first-order chi connectivity index (χ1) is 12.1. The molecule has 0 atom stereocenters. The number of nitrogens with one attached hydrogen (secondary N) is 1. The molecule has 4 aliphatic rings. The predicted molar refractivity (Wildman–Crippen MR) is 94.4 cm³/mol. The third kappa shape index (κ3) is 2.91. The van der Waals surface area contributed by atoms with E-state index < -0.39 is 0 Å². The van der Waals surface area contributed by atoms with Crippen molar-refractivity contribution in [2.45, 2.75) is 57.5 Å². The molecule has 4 saturated carbocycles. The Morgan fingerprint density at radius 1 is 1.08 bits per heavy atom. The van der Waals surface area contributed by atoms with Gasteiger partial charge in [-0.1, -0.05) is 5.16 Å². The van der Waals surface area contributed by atoms with E-state index in [-0.39, 0.29) is 5.82 Å². The molecule has 0 radical (unpaired) electrons. The highest BCUT2D eigenvalue weighted by atomic mass is 19.1. The van der Waals surface area contributed by atoms with Crippen LogP contribution in [0.1, 0.15) is 49.8 Å². The van der Waals surface area contributed by atoms with E-state index in [0.717, 1.165) is 41.1 Å². The summed E-state index contributed by atoms with van der Waals surface area (Å²) >= 11 is 0. The van der Waals surface area contributed by atoms with Gasteiger partial charge in [-0.2, -0.15) is 0 Å². The number of hydrogen-bond acceptors (Lipinski definition) is 3. The average Bonchev–Trinajstić information content (AvgIpc) is 3.00. The first kappa shape index (κ1) is 15.6. The van der Waals surface area contributed by atoms with Crippen LogP contribution in [0.3, 0.4) is 0 Å². The lowest BCUT2D eigenvalue weighted by molar-refractivity contribution is -0.0208. The van der Waals surface area contributed by atoms with Crippen molar-refractivity contribution in [1.29, 1.82) is 0 Å². The number of nitrogens with zero attached hydrogens (tertiary/aromatic N) is 1. The SMILES string of the molecule is Cc1cc(F)cc(-c2cc(CNC34CC5CC(CC(C5)C3)C4)no2)c1. The quantitative estimate of drug-likeness (QED) is 0.865. The second kappa shape index (κ2) is 5.66. The summed E-state index contributed by atoms with van der Waals surface area (Å²) in [5.41, 5.74) is 2.88. The number of rotatable bonds is 4. The predicted octanol–water partition coefficient (Wildman–Crippen LogP) is 4.85. The minimum atomic E-state index is -0.236. The van der Waals surface area contributed by atoms with Crippen LogP contribution in [-0.2, 0) is 6.54 Å². The maximum atomic E-state index is 13.6. The second-order valence-electron chi connectivity index (χ2n) is 8.75. The zero-order valence-corrected chi connectivity index (χ0v) is 14.7. The highest BCUT2D eigenvalue weighted by Crippen LogP contribution is 2.55. The zero-order valence-electron chi connectivity index (χ0n) is 14.7. The van der Waals surface area contributed by atoms with Crippen molar-refractivity contribution in [3.63, 3.8) is 0 Å². The van der Waals surface area contributed by atoms with E-state index in [0.29, 0.717) is 11.3 Å². The fourth-order valence-corrected chi connectivity index (χ4v) is 6.01. The Bertz CT molecular complexity index is 741. The Labute approximate surface area is 148 Å². The van der Waals surface area contributed by atoms with Gasteiger partial charge >= 0.3 is 0 Å². The van der Waals surface area contributed by atoms with Crippen LogP contribution < -0.4 is 5.32 Å². The van der Waals surface area contributed by atoms with Gasteiger partial charge in [-0.05, 0) is 87.0 Å². The van der Waals surface area contributed by atoms with Gasteiger partial charge in [-0.3, -0.25) is 0 Å². The lowest BCUT2D eigenvalue weighted by atomic mass is 9.53. The maximum Gasteiger partial charge on any atom is 0.167 e. The molecular formula is C21H25FN2O. The van der Waals surface area contributed by atoms with Crippen LogP contribution in [0.15, 0.2) is 28.8 Å². The molecule has 0 saturated heterocycles. The second-order valence-corrected chi connectivity index (χ2v) is 8.75. The molecule has 1 aromatic carbocycles. The van der Waals surface area contributed by atoms with Crippen LogP contribution in [0.2, 0.25) is 0 Å². The molecule has 0 aliphatic heterocycles. The van der Waals surface area contributed by atoms with Crippen molar-refractivity contribution < 1.29 is 8.91 Å². The van der Waals surface area contributed by atoms with Gasteiger partial charge in [0.1, 0.15) is 5.82 Å². The molecule has 25 heavy (non-hydrogen) atoms. The van der Waals surface area contributed by atoms with E-state index in [1.54, 1.807) is 0 Å². The Morgan fingerprint density at radius 2 is 1.76 bits per heavy atom. The Kier molecular flexibility index (Phi) is 3.53. The van der Waals surface area contributed by atoms with Gasteiger partial charge in [0.05, 0.1) is 5.69 Å². The summed E-state index contributed by atoms with van der Waals surface area (Å²) in [6, 6.07) is 6.90. The molecule has 4 aliphatic carbocycles. The van der Waals surface area contributed by atoms with Gasteiger partial charge in [0.25, 0.3) is 0 Å². The molecule has 2 aromatic rings. The molecule has 6 rings (SSSR count). The molecule has 4 heteroatoms. The van der Waals surface area contributed by atoms with Crippen molar-refractivity contribution in [3.8, 4) is 11.3 Å². The minimum absolute atomic E-state index is 0.236. The number of hydrogen-bond donors (Lipinski definition) is 1. The number of aromatic nitrogens is 1. The lowest BCUT2D eigenvalue weighted by Gasteiger charge is -2.57. The largest absolute Gasteiger partial charge is 0.356 e. The summed E-state index contributed by atoms with van der Waals surface area (Å²) in [5.74, 6) is 3.20. The summed E-state index contributed by atoms with van der Waals surface area (Å²) in [6.07, 6.45) is 8.34. The van der Waals surface area contributed by atoms with E-state index in [1.807, 2.05) is 19.1 Å². The molecule has 0 amide bonds. The van der Waals surface area contributed by atoms with E-state index in [1.165, 1.54) is 50.7 Å². The first-order valence-electron chi connectivity index (χ1n) is 9.55. The van der Waals surface area contributed by atoms with Crippen LogP contribution in [-0.4, -0.2) is 10.7 Å². The molecule has 1 heterocycles. The maximum absolute atomic E-state index is 13.6. The molecule has 1 aromatic heterocycles. The van der Waals surface area contributed by atoms with Gasteiger partial charge in [-0.25, -0.2) is 4.39 Å². The van der Waals surface area contributed by atoms with E-state index in [9.17, 15) is 4.39 Å². The monoisotopic (exact) mass is 340 g/mol. The smallest absolute Gasteiger partial charge is 0.167 e. The molecule has 4 bridgehead atoms. The summed E-state index contributed by atoms with van der Waals surface area (Å²) < 4.78 is 19.1. The van der Waals surface area contributed by atoms with Crippen LogP contribution in [0.25, 0.3) is 11.3 Å². The van der Waals surface area contributed by atoms with Crippen molar-refractivity contribution in [3.05, 3.63) is 41.3 Å². The number of benzene rings is 1. The van der Waals surface area contributed by atoms with E-state index in [2.05, 4.69) is 10.5 Å². The zero-order chi connectivity index (χ0) is 17.0. The fourth-order valence-electron chi connectivity index (χ4n) is 6.01. The Hall–Kier alpha value is -1.68. The summed E-state index contributed by atoms with van der Waals surface area (Å²) in [7, 11) is 0. The molecule has 3 nitrogen and oxygen atoms in total. The molecule has 0 unspecified atom stereocenters. The van der Waals surface area contributed by atoms with Gasteiger partial charge in [0.2, 0.25) is 0 Å². The van der Waals surface area contributed by atoms with Gasteiger partial charge in [-0.15, -0.1) is 0 Å². The van der Waals surface area contributed by atoms with Crippen molar-refractivity contribution in [1.82, 2.24) is 10.5 Å². The lowest BCUT2D eigenvalue weighted by Crippen LogP contribution is -2.58. The topological polar surface area (TPSA) is 38.1 Å². The fraction of sp³-hybridized carbons (Fsp3) is 0.571. The van der Waals surface area contributed by atoms with Crippen molar-refractivity contribution >= 4 is 0 Å². The van der Waals surface area contributed by atoms with Gasteiger partial charge < -0.3 is 9.84 Å². The highest BCUT2D eigenvalue weighted by molar-refractivity contribution is 5.58. The molecule has 0 spiro atoms. The van der Waals surface area contributed by atoms with Crippen LogP contribution in [0.4, 0.5) is 4.39 Å². The molecule has 1 N–H and O–H groups in total. The van der Waals surface area contributed by atoms with E-state index in [4.69, 9.17) is 4.52 Å².